The number of carbonyl (C=O) groups is 1. The molecular formula is C18H18F2N2O3. The van der Waals surface area contributed by atoms with Crippen LogP contribution in [0.2, 0.25) is 0 Å². The van der Waals surface area contributed by atoms with E-state index in [-0.39, 0.29) is 17.4 Å². The summed E-state index contributed by atoms with van der Waals surface area (Å²) in [6, 6.07) is 3.58. The van der Waals surface area contributed by atoms with Crippen molar-refractivity contribution in [3.05, 3.63) is 59.7 Å². The summed E-state index contributed by atoms with van der Waals surface area (Å²) in [4.78, 5) is 16.7. The minimum Gasteiger partial charge on any atom is -0.400 e. The molecule has 0 unspecified atom stereocenters. The van der Waals surface area contributed by atoms with E-state index in [0.717, 1.165) is 5.56 Å². The third-order valence-corrected chi connectivity index (χ3v) is 4.24. The highest BCUT2D eigenvalue weighted by Gasteiger charge is 2.51. The SMILES string of the molecule is C=C(/C=C\C1=C(C)OC(F)(F)O1)C1(C(=O)Nc2ccc(C)cn2)CC1. The van der Waals surface area contributed by atoms with Crippen LogP contribution in [-0.4, -0.2) is 17.2 Å². The van der Waals surface area contributed by atoms with Gasteiger partial charge in [-0.1, -0.05) is 18.7 Å². The van der Waals surface area contributed by atoms with Crippen LogP contribution in [0.4, 0.5) is 14.6 Å². The Morgan fingerprint density at radius 1 is 1.32 bits per heavy atom. The van der Waals surface area contributed by atoms with E-state index in [1.54, 1.807) is 12.3 Å². The molecule has 2 aliphatic rings. The third kappa shape index (κ3) is 3.55. The van der Waals surface area contributed by atoms with E-state index < -0.39 is 11.7 Å². The second kappa shape index (κ2) is 5.98. The molecule has 1 aliphatic heterocycles. The molecule has 1 aromatic heterocycles. The van der Waals surface area contributed by atoms with Crippen molar-refractivity contribution in [3.63, 3.8) is 0 Å². The Bertz CT molecular complexity index is 778. The molecule has 7 heteroatoms. The summed E-state index contributed by atoms with van der Waals surface area (Å²) in [5.41, 5.74) is 0.779. The van der Waals surface area contributed by atoms with E-state index in [0.29, 0.717) is 24.2 Å². The van der Waals surface area contributed by atoms with Crippen molar-refractivity contribution >= 4 is 11.7 Å². The van der Waals surface area contributed by atoms with E-state index in [2.05, 4.69) is 26.4 Å². The van der Waals surface area contributed by atoms with Gasteiger partial charge in [0.1, 0.15) is 11.6 Å². The lowest BCUT2D eigenvalue weighted by molar-refractivity contribution is -0.336. The number of aromatic nitrogens is 1. The topological polar surface area (TPSA) is 60.5 Å². The van der Waals surface area contributed by atoms with E-state index >= 15 is 0 Å². The predicted octanol–water partition coefficient (Wildman–Crippen LogP) is 4.05. The number of pyridine rings is 1. The van der Waals surface area contributed by atoms with Crippen LogP contribution in [0.3, 0.4) is 0 Å². The van der Waals surface area contributed by atoms with E-state index in [1.807, 2.05) is 13.0 Å². The van der Waals surface area contributed by atoms with Gasteiger partial charge >= 0.3 is 6.29 Å². The average molecular weight is 348 g/mol. The Hall–Kier alpha value is -2.70. The van der Waals surface area contributed by atoms with Crippen molar-refractivity contribution in [2.45, 2.75) is 33.0 Å². The monoisotopic (exact) mass is 348 g/mol. The van der Waals surface area contributed by atoms with Gasteiger partial charge in [0, 0.05) is 6.20 Å². The fourth-order valence-corrected chi connectivity index (χ4v) is 2.53. The second-order valence-electron chi connectivity index (χ2n) is 6.20. The van der Waals surface area contributed by atoms with Crippen molar-refractivity contribution in [2.24, 2.45) is 5.41 Å². The molecule has 1 N–H and O–H groups in total. The van der Waals surface area contributed by atoms with Crippen molar-refractivity contribution in [2.75, 3.05) is 5.32 Å². The van der Waals surface area contributed by atoms with Crippen molar-refractivity contribution in [1.29, 1.82) is 0 Å². The van der Waals surface area contributed by atoms with Gasteiger partial charge in [-0.15, -0.1) is 8.78 Å². The first-order valence-electron chi connectivity index (χ1n) is 7.80. The molecule has 1 aromatic rings. The van der Waals surface area contributed by atoms with Crippen molar-refractivity contribution in [1.82, 2.24) is 4.98 Å². The van der Waals surface area contributed by atoms with E-state index in [4.69, 9.17) is 0 Å². The van der Waals surface area contributed by atoms with Gasteiger partial charge in [-0.2, -0.15) is 0 Å². The molecule has 0 saturated heterocycles. The Balaban J connectivity index is 1.67. The van der Waals surface area contributed by atoms with Crippen LogP contribution >= 0.6 is 0 Å². The maximum atomic E-state index is 13.0. The smallest absolute Gasteiger partial charge is 0.400 e. The number of nitrogens with one attached hydrogen (secondary N) is 1. The van der Waals surface area contributed by atoms with Gasteiger partial charge in [-0.25, -0.2) is 4.98 Å². The number of aryl methyl sites for hydroxylation is 1. The fourth-order valence-electron chi connectivity index (χ4n) is 2.53. The zero-order chi connectivity index (χ0) is 18.2. The summed E-state index contributed by atoms with van der Waals surface area (Å²) in [7, 11) is 0. The Morgan fingerprint density at radius 3 is 2.56 bits per heavy atom. The zero-order valence-corrected chi connectivity index (χ0v) is 13.9. The predicted molar refractivity (Wildman–Crippen MR) is 87.4 cm³/mol. The molecule has 0 radical (unpaired) electrons. The number of carbonyl (C=O) groups excluding carboxylic acids is 1. The van der Waals surface area contributed by atoms with Crippen LogP contribution in [0.5, 0.6) is 0 Å². The van der Waals surface area contributed by atoms with Crippen LogP contribution in [0.15, 0.2) is 54.2 Å². The fraction of sp³-hybridized carbons (Fsp3) is 0.333. The number of amides is 1. The highest BCUT2D eigenvalue weighted by Crippen LogP contribution is 2.52. The molecule has 1 saturated carbocycles. The molecule has 25 heavy (non-hydrogen) atoms. The summed E-state index contributed by atoms with van der Waals surface area (Å²) >= 11 is 0. The van der Waals surface area contributed by atoms with Crippen LogP contribution in [-0.2, 0) is 14.3 Å². The Labute approximate surface area is 144 Å². The molecule has 1 fully saturated rings. The number of nitrogens with zero attached hydrogens (tertiary/aromatic N) is 1. The largest absolute Gasteiger partial charge is 0.585 e. The third-order valence-electron chi connectivity index (χ3n) is 4.24. The summed E-state index contributed by atoms with van der Waals surface area (Å²) < 4.78 is 34.7. The summed E-state index contributed by atoms with van der Waals surface area (Å²) in [5.74, 6) is 0.150. The number of anilines is 1. The van der Waals surface area contributed by atoms with Crippen LogP contribution in [0, 0.1) is 12.3 Å². The molecular weight excluding hydrogens is 330 g/mol. The van der Waals surface area contributed by atoms with Crippen molar-refractivity contribution in [3.8, 4) is 0 Å². The molecule has 132 valence electrons. The van der Waals surface area contributed by atoms with Gasteiger partial charge in [0.25, 0.3) is 0 Å². The number of hydrogen-bond donors (Lipinski definition) is 1. The summed E-state index contributed by atoms with van der Waals surface area (Å²) in [6.45, 7) is 7.20. The average Bonchev–Trinajstić information content (AvgIpc) is 3.30. The van der Waals surface area contributed by atoms with Crippen molar-refractivity contribution < 1.29 is 23.0 Å². The first-order valence-corrected chi connectivity index (χ1v) is 7.80. The molecule has 3 rings (SSSR count). The quantitative estimate of drug-likeness (QED) is 0.816. The molecule has 0 atom stereocenters. The number of hydrogen-bond acceptors (Lipinski definition) is 4. The number of rotatable bonds is 5. The summed E-state index contributed by atoms with van der Waals surface area (Å²) in [5, 5.41) is 2.77. The first-order chi connectivity index (χ1) is 11.7. The highest BCUT2D eigenvalue weighted by atomic mass is 19.3. The Kier molecular flexibility index (Phi) is 4.10. The maximum absolute atomic E-state index is 13.0. The lowest BCUT2D eigenvalue weighted by Crippen LogP contribution is -2.25. The highest BCUT2D eigenvalue weighted by molar-refractivity contribution is 5.99. The number of alkyl halides is 2. The normalized spacial score (nSPS) is 20.2. The lowest BCUT2D eigenvalue weighted by atomic mass is 9.95. The molecule has 1 aliphatic carbocycles. The maximum Gasteiger partial charge on any atom is 0.585 e. The van der Waals surface area contributed by atoms with Crippen LogP contribution in [0.25, 0.3) is 0 Å². The van der Waals surface area contributed by atoms with Crippen LogP contribution < -0.4 is 5.32 Å². The molecule has 1 amide bonds. The van der Waals surface area contributed by atoms with Crippen LogP contribution in [0.1, 0.15) is 25.3 Å². The standard InChI is InChI=1S/C18H18F2N2O3/c1-11-4-7-15(21-10-11)22-16(23)17(8-9-17)12(2)5-6-14-13(3)24-18(19,20)25-14/h4-7,10H,2,8-9H2,1,3H3,(H,21,22,23)/b6-5-. The number of allylic oxidation sites excluding steroid dienone is 3. The van der Waals surface area contributed by atoms with Gasteiger partial charge < -0.3 is 14.8 Å². The summed E-state index contributed by atoms with van der Waals surface area (Å²) in [6.07, 6.45) is 2.14. The molecule has 0 aromatic carbocycles. The van der Waals surface area contributed by atoms with Gasteiger partial charge in [0.2, 0.25) is 5.91 Å². The molecule has 2 heterocycles. The molecule has 0 spiro atoms. The van der Waals surface area contributed by atoms with Gasteiger partial charge in [-0.3, -0.25) is 4.79 Å². The molecule has 5 nitrogen and oxygen atoms in total. The molecule has 0 bridgehead atoms. The zero-order valence-electron chi connectivity index (χ0n) is 13.9. The Morgan fingerprint density at radius 2 is 2.04 bits per heavy atom. The number of halogens is 2. The lowest BCUT2D eigenvalue weighted by Gasteiger charge is -2.15. The second-order valence-corrected chi connectivity index (χ2v) is 6.20. The van der Waals surface area contributed by atoms with E-state index in [1.165, 1.54) is 19.1 Å². The first kappa shape index (κ1) is 17.1. The van der Waals surface area contributed by atoms with Gasteiger partial charge in [0.05, 0.1) is 5.41 Å². The van der Waals surface area contributed by atoms with Gasteiger partial charge in [0.15, 0.2) is 5.76 Å². The van der Waals surface area contributed by atoms with Gasteiger partial charge in [-0.05, 0) is 50.0 Å². The van der Waals surface area contributed by atoms with E-state index in [9.17, 15) is 13.6 Å². The number of ether oxygens (including phenoxy) is 2. The minimum atomic E-state index is -3.66. The minimum absolute atomic E-state index is 0.0211.